The van der Waals surface area contributed by atoms with Gasteiger partial charge >= 0.3 is 0 Å². The van der Waals surface area contributed by atoms with Crippen molar-refractivity contribution in [3.63, 3.8) is 0 Å². The number of fused-ring (bicyclic) bond motifs is 5. The van der Waals surface area contributed by atoms with Gasteiger partial charge in [-0.3, -0.25) is 9.59 Å². The van der Waals surface area contributed by atoms with E-state index in [1.165, 1.54) is 0 Å². The molecule has 1 aromatic heterocycles. The van der Waals surface area contributed by atoms with Crippen molar-refractivity contribution in [2.75, 3.05) is 20.2 Å². The number of likely N-dealkylation sites (N-methyl/N-ethyl adjacent to an activating group) is 1. The molecule has 3 aliphatic heterocycles. The van der Waals surface area contributed by atoms with Gasteiger partial charge in [0, 0.05) is 36.8 Å². The highest BCUT2D eigenvalue weighted by atomic mass is 16.7. The van der Waals surface area contributed by atoms with Crippen LogP contribution in [-0.2, 0) is 16.0 Å². The topological polar surface area (TPSA) is 74.9 Å². The summed E-state index contributed by atoms with van der Waals surface area (Å²) in [5.74, 6) is -4.55. The number of H-pyrrole nitrogens is 1. The van der Waals surface area contributed by atoms with Gasteiger partial charge in [-0.1, -0.05) is 24.2 Å². The summed E-state index contributed by atoms with van der Waals surface area (Å²) in [6.45, 7) is -10.1. The van der Waals surface area contributed by atoms with Crippen LogP contribution in [0.3, 0.4) is 0 Å². The lowest BCUT2D eigenvalue weighted by molar-refractivity contribution is -0.157. The highest BCUT2D eigenvalue weighted by Crippen LogP contribution is 2.44. The number of nitrogens with zero attached hydrogens (tertiary/aromatic N) is 2. The van der Waals surface area contributed by atoms with Crippen LogP contribution in [0.25, 0.3) is 10.9 Å². The number of para-hydroxylation sites is 1. The van der Waals surface area contributed by atoms with Gasteiger partial charge in [-0.25, -0.2) is 0 Å². The van der Waals surface area contributed by atoms with Crippen molar-refractivity contribution in [1.29, 1.82) is 0 Å². The molecule has 7 heteroatoms. The summed E-state index contributed by atoms with van der Waals surface area (Å²) in [5.41, 5.74) is -2.47. The van der Waals surface area contributed by atoms with Gasteiger partial charge in [0.1, 0.15) is 8.76 Å². The average Bonchev–Trinajstić information content (AvgIpc) is 3.45. The molecule has 3 aliphatic rings. The summed E-state index contributed by atoms with van der Waals surface area (Å²) < 4.78 is 136. The van der Waals surface area contributed by atoms with Crippen LogP contribution in [-0.4, -0.2) is 52.8 Å². The minimum Gasteiger partial charge on any atom is -0.454 e. The highest BCUT2D eigenvalue weighted by molar-refractivity contribution is 5.97. The second-order valence-electron chi connectivity index (χ2n) is 6.29. The van der Waals surface area contributed by atoms with Crippen LogP contribution in [0.1, 0.15) is 43.4 Å². The molecule has 146 valence electrons. The van der Waals surface area contributed by atoms with Crippen LogP contribution in [0.2, 0.25) is 0 Å². The van der Waals surface area contributed by atoms with Crippen molar-refractivity contribution in [2.24, 2.45) is 0 Å². The van der Waals surface area contributed by atoms with Crippen LogP contribution in [0.15, 0.2) is 42.4 Å². The van der Waals surface area contributed by atoms with Gasteiger partial charge in [0.15, 0.2) is 11.5 Å². The number of piperazine rings is 1. The van der Waals surface area contributed by atoms with E-state index < -0.39 is 107 Å². The Morgan fingerprint density at radius 1 is 1.28 bits per heavy atom. The number of ether oxygens (including phenoxy) is 2. The van der Waals surface area contributed by atoms with E-state index in [2.05, 4.69) is 4.98 Å². The molecule has 0 aliphatic carbocycles. The first-order valence-corrected chi connectivity index (χ1v) is 8.30. The lowest BCUT2D eigenvalue weighted by Gasteiger charge is -2.46. The number of rotatable bonds is 1. The molecule has 1 fully saturated rings. The summed E-state index contributed by atoms with van der Waals surface area (Å²) in [7, 11) is 0. The maximum atomic E-state index is 14.0. The first-order valence-electron chi connectivity index (χ1n) is 15.8. The Morgan fingerprint density at radius 3 is 3.03 bits per heavy atom. The molecule has 2 aromatic carbocycles. The molecule has 7 nitrogen and oxygen atoms in total. The van der Waals surface area contributed by atoms with Crippen molar-refractivity contribution in [3.05, 3.63) is 59.2 Å². The average molecular weight is 405 g/mol. The predicted octanol–water partition coefficient (Wildman–Crippen LogP) is 2.21. The molecule has 0 saturated carbocycles. The number of amides is 2. The normalized spacial score (nSPS) is 41.0. The SMILES string of the molecule is [2H]c1c([2H])c([2H])c2c3c([nH]c2c1[2H])[C@@]([2H])(c1ccc2c(c1)OC([2H])([2H])O2)N1C(=O)C([2H])([2H])N(C([2H])([2H])[2H])C(=O)[C@@]1([2H])C3([2H])[2H]. The van der Waals surface area contributed by atoms with Gasteiger partial charge in [0.05, 0.1) is 23.5 Å². The summed E-state index contributed by atoms with van der Waals surface area (Å²) >= 11 is 0. The third-order valence-electron chi connectivity index (χ3n) is 4.70. The molecule has 0 bridgehead atoms. The molecule has 2 amide bonds. The van der Waals surface area contributed by atoms with E-state index in [-0.39, 0.29) is 16.4 Å². The van der Waals surface area contributed by atoms with Crippen LogP contribution in [0.5, 0.6) is 11.5 Å². The molecule has 3 aromatic rings. The number of hydrogen-bond donors (Lipinski definition) is 1. The van der Waals surface area contributed by atoms with Crippen molar-refractivity contribution >= 4 is 22.7 Å². The number of nitrogens with one attached hydrogen (secondary N) is 1. The van der Waals surface area contributed by atoms with Gasteiger partial charge in [-0.05, 0) is 29.3 Å². The van der Waals surface area contributed by atoms with E-state index in [1.807, 2.05) is 0 Å². The molecular weight excluding hydrogens is 370 g/mol. The zero-order chi connectivity index (χ0) is 32.9. The Bertz CT molecular complexity index is 1840. The quantitative estimate of drug-likeness (QED) is 0.675. The maximum absolute atomic E-state index is 14.0. The smallest absolute Gasteiger partial charge is 0.245 e. The van der Waals surface area contributed by atoms with Crippen LogP contribution in [0, 0.1) is 0 Å². The third-order valence-corrected chi connectivity index (χ3v) is 4.70. The van der Waals surface area contributed by atoms with Gasteiger partial charge in [-0.2, -0.15) is 0 Å². The molecule has 0 unspecified atom stereocenters. The number of aromatic amines is 1. The Morgan fingerprint density at radius 2 is 2.14 bits per heavy atom. The van der Waals surface area contributed by atoms with Gasteiger partial charge in [0.25, 0.3) is 0 Å². The van der Waals surface area contributed by atoms with E-state index >= 15 is 0 Å². The second kappa shape index (κ2) is 5.76. The standard InChI is InChI=1S/C22H19N3O4/c1-24-10-19(26)25-16(22(24)27)9-14-13-4-2-3-5-15(13)23-20(14)21(25)12-6-7-17-18(8-12)29-11-28-17/h2-8,16,21,23H,9-11H2,1H3/t16-,21-/m1/s1/i1D3,2D,3D,4D,5D,9D2,10D2,11D2,16D,21D. The van der Waals surface area contributed by atoms with Gasteiger partial charge < -0.3 is 24.3 Å². The highest BCUT2D eigenvalue weighted by Gasteiger charge is 2.47. The van der Waals surface area contributed by atoms with E-state index in [9.17, 15) is 12.3 Å². The van der Waals surface area contributed by atoms with E-state index in [0.29, 0.717) is 0 Å². The molecule has 0 radical (unpaired) electrons. The Hall–Kier alpha value is -3.48. The van der Waals surface area contributed by atoms with Crippen molar-refractivity contribution in [3.8, 4) is 11.5 Å². The van der Waals surface area contributed by atoms with E-state index in [0.717, 1.165) is 18.2 Å². The summed E-state index contributed by atoms with van der Waals surface area (Å²) in [6.07, 6.45) is -3.54. The van der Waals surface area contributed by atoms with E-state index in [4.69, 9.17) is 27.3 Å². The molecule has 0 spiro atoms. The predicted molar refractivity (Wildman–Crippen MR) is 105 cm³/mol. The number of benzene rings is 2. The second-order valence-corrected chi connectivity index (χ2v) is 6.29. The number of aromatic nitrogens is 1. The minimum atomic E-state index is -3.75. The fourth-order valence-corrected chi connectivity index (χ4v) is 3.46. The van der Waals surface area contributed by atoms with Crippen LogP contribution >= 0.6 is 0 Å². The largest absolute Gasteiger partial charge is 0.454 e. The lowest BCUT2D eigenvalue weighted by atomic mass is 9.86. The van der Waals surface area contributed by atoms with Crippen molar-refractivity contribution in [2.45, 2.75) is 18.4 Å². The van der Waals surface area contributed by atoms with Crippen molar-refractivity contribution < 1.29 is 39.6 Å². The Labute approximate surface area is 187 Å². The first-order chi connectivity index (χ1) is 20.0. The Kier molecular flexibility index (Phi) is 1.47. The van der Waals surface area contributed by atoms with Gasteiger partial charge in [-0.15, -0.1) is 0 Å². The molecular formula is C22H19N3O4. The number of carbonyl (C=O) groups is 2. The fourth-order valence-electron chi connectivity index (χ4n) is 3.46. The molecule has 29 heavy (non-hydrogen) atoms. The third kappa shape index (κ3) is 2.24. The summed E-state index contributed by atoms with van der Waals surface area (Å²) in [6, 6.07) is -6.87. The zero-order valence-corrected chi connectivity index (χ0v) is 14.3. The van der Waals surface area contributed by atoms with Crippen LogP contribution < -0.4 is 9.47 Å². The lowest BCUT2D eigenvalue weighted by Crippen LogP contribution is -2.62. The van der Waals surface area contributed by atoms with Gasteiger partial charge in [0.2, 0.25) is 18.6 Å². The Balaban J connectivity index is 1.80. The van der Waals surface area contributed by atoms with E-state index in [1.54, 1.807) is 0 Å². The number of hydrogen-bond acceptors (Lipinski definition) is 4. The molecule has 1 saturated heterocycles. The van der Waals surface area contributed by atoms with Crippen LogP contribution in [0.4, 0.5) is 0 Å². The number of carbonyl (C=O) groups excluding carboxylic acids is 2. The zero-order valence-electron chi connectivity index (χ0n) is 29.3. The molecule has 2 atom stereocenters. The summed E-state index contributed by atoms with van der Waals surface area (Å²) in [5, 5.41) is -0.592. The molecule has 4 heterocycles. The fraction of sp³-hybridized carbons (Fsp3) is 0.273. The molecule has 6 rings (SSSR count). The molecule has 1 N–H and O–H groups in total. The monoisotopic (exact) mass is 404 g/mol. The first kappa shape index (κ1) is 7.40. The van der Waals surface area contributed by atoms with Crippen molar-refractivity contribution in [1.82, 2.24) is 14.8 Å². The maximum Gasteiger partial charge on any atom is 0.245 e. The summed E-state index contributed by atoms with van der Waals surface area (Å²) in [4.78, 5) is 30.0. The minimum absolute atomic E-state index is 0.0646.